The summed E-state index contributed by atoms with van der Waals surface area (Å²) >= 11 is 5.17. The molecule has 2 N–H and O–H groups in total. The molecule has 1 aliphatic heterocycles. The fourth-order valence-corrected chi connectivity index (χ4v) is 2.33. The van der Waals surface area contributed by atoms with E-state index in [-0.39, 0.29) is 11.8 Å². The number of piperidine rings is 1. The number of nitrogens with zero attached hydrogens (tertiary/aromatic N) is 1. The van der Waals surface area contributed by atoms with E-state index in [0.717, 1.165) is 11.3 Å². The number of carbonyl (C=O) groups is 2. The average Bonchev–Trinajstić information content (AvgIpc) is 2.47. The minimum Gasteiger partial charge on any atom is -0.359 e. The molecule has 0 unspecified atom stereocenters. The average molecular weight is 317 g/mol. The molecule has 1 fully saturated rings. The minimum atomic E-state index is -0.143. The highest BCUT2D eigenvalue weighted by Gasteiger charge is 2.27. The molecule has 0 atom stereocenters. The Morgan fingerprint density at radius 3 is 2.36 bits per heavy atom. The molecule has 5 nitrogen and oxygen atoms in total. The van der Waals surface area contributed by atoms with E-state index in [4.69, 9.17) is 12.2 Å². The molecular formula is C16H19N3O2S. The second-order valence-corrected chi connectivity index (χ2v) is 5.70. The lowest BCUT2D eigenvalue weighted by Gasteiger charge is -2.25. The third-order valence-corrected chi connectivity index (χ3v) is 3.46. The molecule has 116 valence electrons. The van der Waals surface area contributed by atoms with Crippen molar-refractivity contribution in [1.82, 2.24) is 5.32 Å². The van der Waals surface area contributed by atoms with Gasteiger partial charge >= 0.3 is 0 Å². The maximum atomic E-state index is 11.9. The largest absolute Gasteiger partial charge is 0.359 e. The summed E-state index contributed by atoms with van der Waals surface area (Å²) in [5, 5.41) is 6.57. The van der Waals surface area contributed by atoms with Crippen molar-refractivity contribution in [2.24, 2.45) is 0 Å². The van der Waals surface area contributed by atoms with Gasteiger partial charge in [-0.1, -0.05) is 12.2 Å². The third kappa shape index (κ3) is 4.14. The van der Waals surface area contributed by atoms with Crippen molar-refractivity contribution >= 4 is 40.5 Å². The van der Waals surface area contributed by atoms with Crippen molar-refractivity contribution in [3.8, 4) is 0 Å². The first kappa shape index (κ1) is 16.2. The first-order chi connectivity index (χ1) is 10.5. The van der Waals surface area contributed by atoms with Gasteiger partial charge in [-0.3, -0.25) is 14.5 Å². The van der Waals surface area contributed by atoms with E-state index in [1.165, 1.54) is 4.90 Å². The van der Waals surface area contributed by atoms with Gasteiger partial charge in [-0.2, -0.15) is 0 Å². The minimum absolute atomic E-state index is 0.143. The van der Waals surface area contributed by atoms with Crippen molar-refractivity contribution in [1.29, 1.82) is 0 Å². The zero-order chi connectivity index (χ0) is 16.1. The number of amides is 2. The van der Waals surface area contributed by atoms with Crippen molar-refractivity contribution < 1.29 is 9.59 Å². The summed E-state index contributed by atoms with van der Waals surface area (Å²) in [7, 11) is 0. The fraction of sp³-hybridized carbons (Fsp3) is 0.312. The van der Waals surface area contributed by atoms with Gasteiger partial charge in [-0.15, -0.1) is 0 Å². The lowest BCUT2D eigenvalue weighted by Crippen LogP contribution is -2.40. The summed E-state index contributed by atoms with van der Waals surface area (Å²) < 4.78 is 0. The highest BCUT2D eigenvalue weighted by Crippen LogP contribution is 2.23. The number of hydrogen-bond acceptors (Lipinski definition) is 3. The Morgan fingerprint density at radius 2 is 1.82 bits per heavy atom. The molecule has 0 radical (unpaired) electrons. The molecule has 22 heavy (non-hydrogen) atoms. The van der Waals surface area contributed by atoms with Crippen LogP contribution in [0.3, 0.4) is 0 Å². The van der Waals surface area contributed by atoms with Gasteiger partial charge in [-0.25, -0.2) is 0 Å². The molecule has 0 aromatic heterocycles. The summed E-state index contributed by atoms with van der Waals surface area (Å²) in [6.45, 7) is 6.32. The Hall–Kier alpha value is -2.21. The van der Waals surface area contributed by atoms with Crippen LogP contribution in [0.2, 0.25) is 0 Å². The Morgan fingerprint density at radius 1 is 1.23 bits per heavy atom. The number of thiocarbonyl (C=S) groups is 1. The number of carbonyl (C=O) groups excluding carboxylic acids is 2. The predicted molar refractivity (Wildman–Crippen MR) is 91.8 cm³/mol. The van der Waals surface area contributed by atoms with Crippen LogP contribution in [0.1, 0.15) is 26.2 Å². The van der Waals surface area contributed by atoms with Crippen LogP contribution in [0.15, 0.2) is 36.4 Å². The van der Waals surface area contributed by atoms with Crippen molar-refractivity contribution in [3.05, 3.63) is 36.4 Å². The van der Waals surface area contributed by atoms with Gasteiger partial charge in [-0.05, 0) is 49.8 Å². The molecule has 0 saturated carbocycles. The number of anilines is 2. The zero-order valence-electron chi connectivity index (χ0n) is 12.5. The Bertz CT molecular complexity index is 594. The number of rotatable bonds is 4. The molecule has 1 aliphatic rings. The molecule has 6 heteroatoms. The number of imide groups is 1. The van der Waals surface area contributed by atoms with Gasteiger partial charge in [0.05, 0.1) is 5.69 Å². The maximum absolute atomic E-state index is 11.9. The fourth-order valence-electron chi connectivity index (χ4n) is 2.14. The van der Waals surface area contributed by atoms with Gasteiger partial charge in [0.15, 0.2) is 5.11 Å². The summed E-state index contributed by atoms with van der Waals surface area (Å²) in [5.41, 5.74) is 2.38. The molecule has 2 rings (SSSR count). The third-order valence-electron chi connectivity index (χ3n) is 3.21. The molecular weight excluding hydrogens is 298 g/mol. The van der Waals surface area contributed by atoms with E-state index in [2.05, 4.69) is 17.2 Å². The smallest absolute Gasteiger partial charge is 0.233 e. The Kier molecular flexibility index (Phi) is 5.27. The summed E-state index contributed by atoms with van der Waals surface area (Å²) in [6, 6.07) is 7.06. The van der Waals surface area contributed by atoms with E-state index < -0.39 is 0 Å². The van der Waals surface area contributed by atoms with E-state index in [9.17, 15) is 9.59 Å². The van der Waals surface area contributed by atoms with Crippen molar-refractivity contribution in [2.75, 3.05) is 16.8 Å². The second kappa shape index (κ2) is 7.17. The van der Waals surface area contributed by atoms with E-state index in [0.29, 0.717) is 36.6 Å². The van der Waals surface area contributed by atoms with Crippen LogP contribution in [0, 0.1) is 0 Å². The SMILES string of the molecule is C=C(C)CNC(=S)Nc1ccc(N2C(=O)CCCC2=O)cc1. The quantitative estimate of drug-likeness (QED) is 0.508. The molecule has 0 aliphatic carbocycles. The highest BCUT2D eigenvalue weighted by molar-refractivity contribution is 7.80. The normalized spacial score (nSPS) is 14.7. The van der Waals surface area contributed by atoms with Crippen LogP contribution in [0.4, 0.5) is 11.4 Å². The lowest BCUT2D eigenvalue weighted by atomic mass is 10.1. The molecule has 0 bridgehead atoms. The van der Waals surface area contributed by atoms with Gasteiger partial charge in [0.25, 0.3) is 0 Å². The van der Waals surface area contributed by atoms with Gasteiger partial charge in [0.2, 0.25) is 11.8 Å². The molecule has 1 heterocycles. The Labute approximate surface area is 135 Å². The topological polar surface area (TPSA) is 61.4 Å². The predicted octanol–water partition coefficient (Wildman–Crippen LogP) is 2.59. The van der Waals surface area contributed by atoms with Crippen LogP contribution in [-0.4, -0.2) is 23.5 Å². The van der Waals surface area contributed by atoms with Crippen LogP contribution < -0.4 is 15.5 Å². The molecule has 0 spiro atoms. The van der Waals surface area contributed by atoms with Crippen LogP contribution >= 0.6 is 12.2 Å². The van der Waals surface area contributed by atoms with Gasteiger partial charge in [0.1, 0.15) is 0 Å². The molecule has 1 aromatic rings. The molecule has 1 saturated heterocycles. The van der Waals surface area contributed by atoms with E-state index >= 15 is 0 Å². The Balaban J connectivity index is 2.01. The van der Waals surface area contributed by atoms with Gasteiger partial charge in [0, 0.05) is 25.1 Å². The standard InChI is InChI=1S/C16H19N3O2S/c1-11(2)10-17-16(22)18-12-6-8-13(9-7-12)19-14(20)4-3-5-15(19)21/h6-9H,1,3-5,10H2,2H3,(H2,17,18,22). The first-order valence-electron chi connectivity index (χ1n) is 7.12. The summed E-state index contributed by atoms with van der Waals surface area (Å²) in [6.07, 6.45) is 1.47. The van der Waals surface area contributed by atoms with E-state index in [1.807, 2.05) is 6.92 Å². The number of benzene rings is 1. The van der Waals surface area contributed by atoms with Gasteiger partial charge < -0.3 is 10.6 Å². The van der Waals surface area contributed by atoms with Crippen molar-refractivity contribution in [2.45, 2.75) is 26.2 Å². The van der Waals surface area contributed by atoms with Crippen molar-refractivity contribution in [3.63, 3.8) is 0 Å². The van der Waals surface area contributed by atoms with Crippen LogP contribution in [0.5, 0.6) is 0 Å². The summed E-state index contributed by atoms with van der Waals surface area (Å²) in [4.78, 5) is 25.0. The second-order valence-electron chi connectivity index (χ2n) is 5.29. The number of hydrogen-bond donors (Lipinski definition) is 2. The van der Waals surface area contributed by atoms with Crippen LogP contribution in [0.25, 0.3) is 0 Å². The number of nitrogens with one attached hydrogen (secondary N) is 2. The first-order valence-corrected chi connectivity index (χ1v) is 7.53. The highest BCUT2D eigenvalue weighted by atomic mass is 32.1. The molecule has 1 aromatic carbocycles. The van der Waals surface area contributed by atoms with Crippen LogP contribution in [-0.2, 0) is 9.59 Å². The van der Waals surface area contributed by atoms with E-state index in [1.54, 1.807) is 24.3 Å². The summed E-state index contributed by atoms with van der Waals surface area (Å²) in [5.74, 6) is -0.286. The lowest BCUT2D eigenvalue weighted by molar-refractivity contribution is -0.129. The maximum Gasteiger partial charge on any atom is 0.233 e. The zero-order valence-corrected chi connectivity index (χ0v) is 13.3. The molecule has 2 amide bonds. The monoisotopic (exact) mass is 317 g/mol.